The molecule has 75 heavy (non-hydrogen) atoms. The van der Waals surface area contributed by atoms with E-state index < -0.39 is 38.2 Å². The van der Waals surface area contributed by atoms with Crippen LogP contribution in [0.4, 0.5) is 0 Å². The number of imidazole rings is 1. The Morgan fingerprint density at radius 2 is 1.01 bits per heavy atom. The summed E-state index contributed by atoms with van der Waals surface area (Å²) in [7, 11) is 0. The van der Waals surface area contributed by atoms with Crippen LogP contribution in [-0.4, -0.2) is 19.6 Å². The molecular formula is C71H71N3O. The van der Waals surface area contributed by atoms with Gasteiger partial charge in [-0.1, -0.05) is 210 Å². The molecule has 0 spiro atoms. The van der Waals surface area contributed by atoms with Crippen molar-refractivity contribution in [2.45, 2.75) is 111 Å². The maximum Gasteiger partial charge on any atom is 0.149 e. The van der Waals surface area contributed by atoms with Crippen LogP contribution in [0, 0.1) is 6.85 Å². The van der Waals surface area contributed by atoms with Gasteiger partial charge < -0.3 is 5.11 Å². The Bertz CT molecular complexity index is 4160. The standard InChI is InChI=1S/C71H71N3O/c1-45-37-64(59(48-23-18-15-19-24-48)44-58(45)49-29-33-55(34-30-49)69(5,6)7)74-63-26-20-25-57(65(63)73-67(74)60-42-56(70(8,9)10)43-61(66(60)75)71(11,12)13)52-38-51(46-21-16-14-17-22-46)39-53(40-52)62-41-50(35-36-72-62)47-27-31-54(32-28-47)68(2,3)4/h14-44,75H,1-13H3/i1D3,2D3,3D3,4D3. The first-order chi connectivity index (χ1) is 40.5. The maximum atomic E-state index is 12.9. The van der Waals surface area contributed by atoms with Crippen molar-refractivity contribution in [3.05, 3.63) is 216 Å². The fraction of sp³-hybridized carbons (Fsp3) is 0.239. The van der Waals surface area contributed by atoms with Gasteiger partial charge in [-0.05, 0) is 150 Å². The lowest BCUT2D eigenvalue weighted by molar-refractivity contribution is 0.446. The van der Waals surface area contributed by atoms with E-state index in [9.17, 15) is 9.22 Å². The molecule has 0 unspecified atom stereocenters. The van der Waals surface area contributed by atoms with Crippen molar-refractivity contribution < 1.29 is 21.6 Å². The van der Waals surface area contributed by atoms with Crippen LogP contribution in [0.15, 0.2) is 188 Å². The van der Waals surface area contributed by atoms with E-state index >= 15 is 0 Å². The van der Waals surface area contributed by atoms with Crippen LogP contribution < -0.4 is 0 Å². The summed E-state index contributed by atoms with van der Waals surface area (Å²) < 4.78 is 104. The Morgan fingerprint density at radius 1 is 0.427 bits per heavy atom. The molecule has 0 fully saturated rings. The smallest absolute Gasteiger partial charge is 0.149 e. The van der Waals surface area contributed by atoms with E-state index in [-0.39, 0.29) is 27.7 Å². The van der Waals surface area contributed by atoms with Crippen LogP contribution in [0.2, 0.25) is 0 Å². The second-order valence-corrected chi connectivity index (χ2v) is 22.9. The van der Waals surface area contributed by atoms with Gasteiger partial charge in [0.05, 0.1) is 28.0 Å². The fourth-order valence-electron chi connectivity index (χ4n) is 9.99. The second kappa shape index (κ2) is 19.1. The third-order valence-corrected chi connectivity index (χ3v) is 14.3. The monoisotopic (exact) mass is 994 g/mol. The lowest BCUT2D eigenvalue weighted by Gasteiger charge is -2.28. The van der Waals surface area contributed by atoms with Crippen molar-refractivity contribution in [2.75, 3.05) is 0 Å². The number of pyridine rings is 1. The summed E-state index contributed by atoms with van der Waals surface area (Å²) in [5.74, 6) is 0.456. The highest BCUT2D eigenvalue weighted by atomic mass is 16.3. The molecule has 0 aliphatic carbocycles. The quantitative estimate of drug-likeness (QED) is 0.165. The molecule has 376 valence electrons. The van der Waals surface area contributed by atoms with E-state index in [1.807, 2.05) is 126 Å². The zero-order valence-electron chi connectivity index (χ0n) is 56.2. The van der Waals surface area contributed by atoms with E-state index in [2.05, 4.69) is 86.6 Å². The van der Waals surface area contributed by atoms with Gasteiger partial charge in [-0.2, -0.15) is 0 Å². The van der Waals surface area contributed by atoms with Gasteiger partial charge in [-0.15, -0.1) is 0 Å². The van der Waals surface area contributed by atoms with Crippen LogP contribution in [0.3, 0.4) is 0 Å². The molecule has 2 aromatic heterocycles. The lowest BCUT2D eigenvalue weighted by Crippen LogP contribution is -2.17. The molecular weight excluding hydrogens is 911 g/mol. The van der Waals surface area contributed by atoms with Gasteiger partial charge in [0.15, 0.2) is 0 Å². The van der Waals surface area contributed by atoms with Gasteiger partial charge in [0.2, 0.25) is 0 Å². The number of phenolic OH excluding ortho intramolecular Hbond substituents is 1. The number of nitrogens with zero attached hydrogens (tertiary/aromatic N) is 3. The molecule has 0 amide bonds. The summed E-state index contributed by atoms with van der Waals surface area (Å²) in [6.07, 6.45) is 1.65. The van der Waals surface area contributed by atoms with Crippen LogP contribution in [0.1, 0.15) is 127 Å². The maximum absolute atomic E-state index is 12.9. The van der Waals surface area contributed by atoms with Crippen molar-refractivity contribution in [2.24, 2.45) is 0 Å². The highest BCUT2D eigenvalue weighted by Gasteiger charge is 2.30. The van der Waals surface area contributed by atoms with Gasteiger partial charge in [0, 0.05) is 44.9 Å². The largest absolute Gasteiger partial charge is 0.507 e. The van der Waals surface area contributed by atoms with Crippen molar-refractivity contribution in [1.82, 2.24) is 14.5 Å². The predicted octanol–water partition coefficient (Wildman–Crippen LogP) is 19.3. The molecule has 10 rings (SSSR count). The zero-order valence-corrected chi connectivity index (χ0v) is 44.2. The second-order valence-electron chi connectivity index (χ2n) is 22.9. The first-order valence-corrected chi connectivity index (χ1v) is 25.5. The highest BCUT2D eigenvalue weighted by molar-refractivity contribution is 5.99. The Balaban J connectivity index is 1.25. The van der Waals surface area contributed by atoms with E-state index in [0.29, 0.717) is 50.5 Å². The summed E-state index contributed by atoms with van der Waals surface area (Å²) in [6, 6.07) is 57.1. The number of hydrogen-bond donors (Lipinski definition) is 1. The molecule has 0 aliphatic heterocycles. The highest BCUT2D eigenvalue weighted by Crippen LogP contribution is 2.47. The number of rotatable bonds is 8. The molecule has 1 N–H and O–H groups in total. The molecule has 4 nitrogen and oxygen atoms in total. The number of hydrogen-bond acceptors (Lipinski definition) is 3. The molecule has 2 heterocycles. The third kappa shape index (κ3) is 10.1. The van der Waals surface area contributed by atoms with Crippen LogP contribution in [-0.2, 0) is 21.7 Å². The summed E-state index contributed by atoms with van der Waals surface area (Å²) in [5.41, 5.74) is 9.36. The molecule has 0 aliphatic rings. The summed E-state index contributed by atoms with van der Waals surface area (Å²) >= 11 is 0. The molecule has 0 bridgehead atoms. The molecule has 0 atom stereocenters. The first-order valence-electron chi connectivity index (χ1n) is 31.5. The van der Waals surface area contributed by atoms with E-state index in [1.54, 1.807) is 18.3 Å². The SMILES string of the molecule is [2H]C([2H])([2H])c1cc(-n2c(-c3cc(C(C)(C)C)cc(C(C)(C)C)c3O)nc3c(-c4cc(-c5ccccc5)cc(-c5cc(-c6ccc(C(C([2H])([2H])[2H])(C([2H])([2H])[2H])C([2H])([2H])[2H])cc6)ccn5)c4)cccc32)c(-c2ccccc2)cc1-c1ccc(C(C)(C)C)cc1. The van der Waals surface area contributed by atoms with Gasteiger partial charge in [0.25, 0.3) is 0 Å². The summed E-state index contributed by atoms with van der Waals surface area (Å²) in [6.45, 7) is 6.24. The van der Waals surface area contributed by atoms with Gasteiger partial charge >= 0.3 is 0 Å². The van der Waals surface area contributed by atoms with Crippen LogP contribution in [0.5, 0.6) is 5.75 Å². The van der Waals surface area contributed by atoms with Crippen molar-refractivity contribution in [1.29, 1.82) is 0 Å². The number of phenols is 1. The zero-order chi connectivity index (χ0) is 63.2. The van der Waals surface area contributed by atoms with Gasteiger partial charge in [-0.3, -0.25) is 9.55 Å². The van der Waals surface area contributed by atoms with Crippen molar-refractivity contribution in [3.8, 4) is 89.7 Å². The van der Waals surface area contributed by atoms with Crippen molar-refractivity contribution in [3.63, 3.8) is 0 Å². The molecule has 0 saturated heterocycles. The Labute approximate surface area is 462 Å². The number of para-hydroxylation sites is 1. The van der Waals surface area contributed by atoms with E-state index in [1.165, 1.54) is 24.3 Å². The minimum Gasteiger partial charge on any atom is -0.507 e. The van der Waals surface area contributed by atoms with E-state index in [4.69, 9.17) is 22.3 Å². The summed E-state index contributed by atoms with van der Waals surface area (Å²) in [4.78, 5) is 10.5. The molecule has 10 aromatic rings. The Morgan fingerprint density at radius 3 is 1.64 bits per heavy atom. The van der Waals surface area contributed by atoms with Crippen molar-refractivity contribution >= 4 is 11.0 Å². The van der Waals surface area contributed by atoms with Gasteiger partial charge in [-0.25, -0.2) is 4.98 Å². The molecule has 0 radical (unpaired) electrons. The first kappa shape index (κ1) is 37.8. The topological polar surface area (TPSA) is 50.9 Å². The minimum atomic E-state index is -3.41. The molecule has 4 heteroatoms. The average molecular weight is 994 g/mol. The molecule has 8 aromatic carbocycles. The Kier molecular flexibility index (Phi) is 9.66. The van der Waals surface area contributed by atoms with E-state index in [0.717, 1.165) is 61.2 Å². The fourth-order valence-corrected chi connectivity index (χ4v) is 9.99. The van der Waals surface area contributed by atoms with Gasteiger partial charge in [0.1, 0.15) is 11.6 Å². The number of aryl methyl sites for hydroxylation is 1. The minimum absolute atomic E-state index is 0.0570. The molecule has 0 saturated carbocycles. The third-order valence-electron chi connectivity index (χ3n) is 14.3. The number of fused-ring (bicyclic) bond motifs is 1. The van der Waals surface area contributed by atoms with Crippen LogP contribution in [0.25, 0.3) is 95.0 Å². The number of aromatic hydroxyl groups is 1. The predicted molar refractivity (Wildman–Crippen MR) is 318 cm³/mol. The lowest BCUT2D eigenvalue weighted by atomic mass is 9.79. The summed E-state index contributed by atoms with van der Waals surface area (Å²) in [5, 5.41) is 12.9. The number of aromatic nitrogens is 3. The Hall–Kier alpha value is -7.82. The average Bonchev–Trinajstić information content (AvgIpc) is 1.46. The van der Waals surface area contributed by atoms with Crippen LogP contribution >= 0.6 is 0 Å². The normalized spacial score (nSPS) is 15.4. The number of benzene rings is 8.